The van der Waals surface area contributed by atoms with Crippen LogP contribution >= 0.6 is 23.7 Å². The van der Waals surface area contributed by atoms with Crippen molar-refractivity contribution in [3.05, 3.63) is 48.3 Å². The molecule has 2 atom stereocenters. The molecule has 166 valence electrons. The number of carbonyl (C=O) groups is 1. The Morgan fingerprint density at radius 1 is 1.13 bits per heavy atom. The Kier molecular flexibility index (Phi) is 7.35. The SMILES string of the molecule is CC1Oc2ccccc2OC1C(=O)N(CCCN(C)C)c1nc2ccc(F)cc2s1.Cl. The van der Waals surface area contributed by atoms with Crippen molar-refractivity contribution < 1.29 is 18.7 Å². The van der Waals surface area contributed by atoms with Gasteiger partial charge in [0.05, 0.1) is 10.2 Å². The Morgan fingerprint density at radius 3 is 2.55 bits per heavy atom. The Balaban J connectivity index is 0.00000272. The van der Waals surface area contributed by atoms with Crippen LogP contribution in [0.4, 0.5) is 9.52 Å². The van der Waals surface area contributed by atoms with E-state index in [0.717, 1.165) is 13.0 Å². The number of para-hydroxylation sites is 2. The van der Waals surface area contributed by atoms with E-state index in [1.165, 1.54) is 23.5 Å². The van der Waals surface area contributed by atoms with Gasteiger partial charge in [-0.1, -0.05) is 23.5 Å². The standard InChI is InChI=1S/C22H24FN3O3S.ClH/c1-14-20(29-18-8-5-4-7-17(18)28-14)21(27)26(12-6-11-25(2)3)22-24-16-10-9-15(23)13-19(16)30-22;/h4-5,7-10,13-14,20H,6,11-12H2,1-3H3;1H. The van der Waals surface area contributed by atoms with Gasteiger partial charge in [0.2, 0.25) is 6.10 Å². The zero-order chi connectivity index (χ0) is 21.3. The summed E-state index contributed by atoms with van der Waals surface area (Å²) >= 11 is 1.30. The Morgan fingerprint density at radius 2 is 1.84 bits per heavy atom. The zero-order valence-corrected chi connectivity index (χ0v) is 19.2. The molecule has 2 heterocycles. The lowest BCUT2D eigenvalue weighted by Gasteiger charge is -2.33. The topological polar surface area (TPSA) is 54.9 Å². The first-order chi connectivity index (χ1) is 14.4. The molecule has 0 spiro atoms. The molecule has 0 fully saturated rings. The second-order valence-electron chi connectivity index (χ2n) is 7.56. The van der Waals surface area contributed by atoms with E-state index in [1.54, 1.807) is 17.0 Å². The van der Waals surface area contributed by atoms with E-state index in [0.29, 0.717) is 33.4 Å². The number of nitrogens with zero attached hydrogens (tertiary/aromatic N) is 3. The van der Waals surface area contributed by atoms with Crippen LogP contribution in [0.25, 0.3) is 10.2 Å². The second-order valence-corrected chi connectivity index (χ2v) is 8.57. The fourth-order valence-corrected chi connectivity index (χ4v) is 4.41. The molecule has 6 nitrogen and oxygen atoms in total. The Labute approximate surface area is 191 Å². The predicted molar refractivity (Wildman–Crippen MR) is 123 cm³/mol. The van der Waals surface area contributed by atoms with Gasteiger partial charge >= 0.3 is 0 Å². The van der Waals surface area contributed by atoms with Crippen molar-refractivity contribution in [3.8, 4) is 11.5 Å². The lowest BCUT2D eigenvalue weighted by Crippen LogP contribution is -2.51. The molecular weight excluding hydrogens is 441 g/mol. The molecule has 0 saturated carbocycles. The Bertz CT molecular complexity index is 1060. The molecule has 1 aliphatic heterocycles. The summed E-state index contributed by atoms with van der Waals surface area (Å²) in [5.74, 6) is 0.643. The van der Waals surface area contributed by atoms with Crippen molar-refractivity contribution in [3.63, 3.8) is 0 Å². The molecule has 9 heteroatoms. The highest BCUT2D eigenvalue weighted by molar-refractivity contribution is 7.22. The first kappa shape index (κ1) is 23.2. The summed E-state index contributed by atoms with van der Waals surface area (Å²) in [5.41, 5.74) is 0.668. The molecule has 0 radical (unpaired) electrons. The summed E-state index contributed by atoms with van der Waals surface area (Å²) in [5, 5.41) is 0.536. The van der Waals surface area contributed by atoms with Gasteiger partial charge in [-0.25, -0.2) is 9.37 Å². The molecule has 0 saturated heterocycles. The fourth-order valence-electron chi connectivity index (χ4n) is 3.39. The Hall–Kier alpha value is -2.42. The number of halogens is 2. The van der Waals surface area contributed by atoms with E-state index in [1.807, 2.05) is 39.2 Å². The molecule has 0 aliphatic carbocycles. The number of aromatic nitrogens is 1. The minimum absolute atomic E-state index is 0. The van der Waals surface area contributed by atoms with Crippen molar-refractivity contribution in [2.24, 2.45) is 0 Å². The van der Waals surface area contributed by atoms with Crippen molar-refractivity contribution in [1.82, 2.24) is 9.88 Å². The third-order valence-electron chi connectivity index (χ3n) is 4.91. The van der Waals surface area contributed by atoms with Gasteiger partial charge in [0.25, 0.3) is 5.91 Å². The number of rotatable bonds is 6. The number of benzene rings is 2. The van der Waals surface area contributed by atoms with Crippen LogP contribution in [0.5, 0.6) is 11.5 Å². The zero-order valence-electron chi connectivity index (χ0n) is 17.6. The smallest absolute Gasteiger partial charge is 0.273 e. The highest BCUT2D eigenvalue weighted by atomic mass is 35.5. The molecule has 2 aromatic carbocycles. The number of carbonyl (C=O) groups excluding carboxylic acids is 1. The van der Waals surface area contributed by atoms with Crippen molar-refractivity contribution in [1.29, 1.82) is 0 Å². The molecule has 0 N–H and O–H groups in total. The number of anilines is 1. The van der Waals surface area contributed by atoms with Crippen LogP contribution in [0.3, 0.4) is 0 Å². The first-order valence-electron chi connectivity index (χ1n) is 9.87. The van der Waals surface area contributed by atoms with Crippen molar-refractivity contribution >= 4 is 45.0 Å². The molecule has 1 amide bonds. The minimum Gasteiger partial charge on any atom is -0.482 e. The number of hydrogen-bond acceptors (Lipinski definition) is 6. The van der Waals surface area contributed by atoms with E-state index in [4.69, 9.17) is 9.47 Å². The van der Waals surface area contributed by atoms with Gasteiger partial charge < -0.3 is 14.4 Å². The highest BCUT2D eigenvalue weighted by Crippen LogP contribution is 2.35. The van der Waals surface area contributed by atoms with Crippen LogP contribution in [-0.2, 0) is 4.79 Å². The summed E-state index contributed by atoms with van der Waals surface area (Å²) < 4.78 is 26.3. The lowest BCUT2D eigenvalue weighted by atomic mass is 10.1. The number of amides is 1. The predicted octanol–water partition coefficient (Wildman–Crippen LogP) is 4.37. The molecule has 2 unspecified atom stereocenters. The fraction of sp³-hybridized carbons (Fsp3) is 0.364. The summed E-state index contributed by atoms with van der Waals surface area (Å²) in [6.45, 7) is 3.13. The average molecular weight is 466 g/mol. The van der Waals surface area contributed by atoms with Crippen LogP contribution in [-0.4, -0.2) is 55.2 Å². The summed E-state index contributed by atoms with van der Waals surface area (Å²) in [6, 6.07) is 11.8. The van der Waals surface area contributed by atoms with Crippen LogP contribution < -0.4 is 14.4 Å². The molecule has 3 aromatic rings. The largest absolute Gasteiger partial charge is 0.482 e. The maximum Gasteiger partial charge on any atom is 0.273 e. The quantitative estimate of drug-likeness (QED) is 0.541. The number of hydrogen-bond donors (Lipinski definition) is 0. The van der Waals surface area contributed by atoms with Crippen molar-refractivity contribution in [2.75, 3.05) is 32.1 Å². The molecular formula is C22H25ClFN3O3S. The van der Waals surface area contributed by atoms with Crippen LogP contribution in [0.2, 0.25) is 0 Å². The molecule has 0 bridgehead atoms. The summed E-state index contributed by atoms with van der Waals surface area (Å²) in [4.78, 5) is 21.8. The number of thiazole rings is 1. The monoisotopic (exact) mass is 465 g/mol. The van der Waals surface area contributed by atoms with Gasteiger partial charge in [0.15, 0.2) is 16.6 Å². The summed E-state index contributed by atoms with van der Waals surface area (Å²) in [6.07, 6.45) is -0.472. The van der Waals surface area contributed by atoms with E-state index < -0.39 is 12.2 Å². The van der Waals surface area contributed by atoms with Gasteiger partial charge in [-0.2, -0.15) is 0 Å². The molecule has 4 rings (SSSR count). The number of ether oxygens (including phenoxy) is 2. The third-order valence-corrected chi connectivity index (χ3v) is 5.95. The lowest BCUT2D eigenvalue weighted by molar-refractivity contribution is -0.130. The van der Waals surface area contributed by atoms with Gasteiger partial charge in [-0.15, -0.1) is 12.4 Å². The highest BCUT2D eigenvalue weighted by Gasteiger charge is 2.38. The van der Waals surface area contributed by atoms with Gasteiger partial charge in [0, 0.05) is 6.54 Å². The molecule has 31 heavy (non-hydrogen) atoms. The third kappa shape index (κ3) is 5.08. The van der Waals surface area contributed by atoms with E-state index in [-0.39, 0.29) is 24.1 Å². The maximum absolute atomic E-state index is 13.6. The summed E-state index contributed by atoms with van der Waals surface area (Å²) in [7, 11) is 3.98. The first-order valence-corrected chi connectivity index (χ1v) is 10.7. The van der Waals surface area contributed by atoms with Gasteiger partial charge in [-0.3, -0.25) is 9.69 Å². The minimum atomic E-state index is -0.789. The van der Waals surface area contributed by atoms with Gasteiger partial charge in [0.1, 0.15) is 11.9 Å². The van der Waals surface area contributed by atoms with Crippen LogP contribution in [0, 0.1) is 5.82 Å². The van der Waals surface area contributed by atoms with Gasteiger partial charge in [-0.05, 0) is 64.3 Å². The average Bonchev–Trinajstić information content (AvgIpc) is 3.12. The van der Waals surface area contributed by atoms with E-state index in [2.05, 4.69) is 9.88 Å². The normalized spacial score (nSPS) is 17.5. The molecule has 1 aromatic heterocycles. The van der Waals surface area contributed by atoms with E-state index in [9.17, 15) is 9.18 Å². The maximum atomic E-state index is 13.6. The van der Waals surface area contributed by atoms with Crippen LogP contribution in [0.15, 0.2) is 42.5 Å². The van der Waals surface area contributed by atoms with Crippen molar-refractivity contribution in [2.45, 2.75) is 25.6 Å². The second kappa shape index (κ2) is 9.80. The molecule has 1 aliphatic rings. The number of fused-ring (bicyclic) bond motifs is 2. The van der Waals surface area contributed by atoms with Crippen LogP contribution in [0.1, 0.15) is 13.3 Å². The van der Waals surface area contributed by atoms with E-state index >= 15 is 0 Å².